The first kappa shape index (κ1) is 17.9. The Kier molecular flexibility index (Phi) is 11.3. The first-order valence-electron chi connectivity index (χ1n) is 7.19. The summed E-state index contributed by atoms with van der Waals surface area (Å²) in [7, 11) is 0. The minimum absolute atomic E-state index is 0.0419. The summed E-state index contributed by atoms with van der Waals surface area (Å²) in [6.07, 6.45) is 3.28. The maximum absolute atomic E-state index is 11.4. The van der Waals surface area contributed by atoms with Crippen molar-refractivity contribution in [1.82, 2.24) is 10.6 Å². The average Bonchev–Trinajstić information content (AvgIpc) is 2.35. The Morgan fingerprint density at radius 2 is 1.89 bits per heavy atom. The van der Waals surface area contributed by atoms with Crippen molar-refractivity contribution in [2.75, 3.05) is 26.2 Å². The second kappa shape index (κ2) is 12.0. The van der Waals surface area contributed by atoms with Crippen LogP contribution in [0.4, 0.5) is 0 Å². The molecule has 2 N–H and O–H groups in total. The van der Waals surface area contributed by atoms with Gasteiger partial charge in [0.05, 0.1) is 13.2 Å². The Labute approximate surface area is 116 Å². The molecule has 0 heterocycles. The number of ether oxygens (including phenoxy) is 1. The second-order valence-corrected chi connectivity index (χ2v) is 4.99. The van der Waals surface area contributed by atoms with Gasteiger partial charge in [0.25, 0.3) is 0 Å². The number of rotatable bonds is 11. The Hall–Kier alpha value is -1.10. The van der Waals surface area contributed by atoms with Crippen LogP contribution >= 0.6 is 0 Å². The fourth-order valence-electron chi connectivity index (χ4n) is 1.51. The molecule has 0 aromatic heterocycles. The van der Waals surface area contributed by atoms with Crippen LogP contribution in [0.3, 0.4) is 0 Å². The van der Waals surface area contributed by atoms with Gasteiger partial charge in [-0.1, -0.05) is 20.3 Å². The summed E-state index contributed by atoms with van der Waals surface area (Å²) in [6, 6.07) is 0. The number of nitrogens with one attached hydrogen (secondary N) is 2. The van der Waals surface area contributed by atoms with E-state index in [1.807, 2.05) is 6.92 Å². The van der Waals surface area contributed by atoms with Gasteiger partial charge in [-0.2, -0.15) is 0 Å². The molecule has 0 saturated carbocycles. The van der Waals surface area contributed by atoms with Gasteiger partial charge in [0, 0.05) is 13.0 Å². The summed E-state index contributed by atoms with van der Waals surface area (Å²) >= 11 is 0. The maximum atomic E-state index is 11.4. The van der Waals surface area contributed by atoms with Gasteiger partial charge in [0.15, 0.2) is 0 Å². The molecule has 0 aliphatic rings. The van der Waals surface area contributed by atoms with Gasteiger partial charge in [-0.15, -0.1) is 0 Å². The van der Waals surface area contributed by atoms with E-state index in [1.165, 1.54) is 0 Å². The molecule has 0 atom stereocenters. The number of carbonyl (C=O) groups is 2. The topological polar surface area (TPSA) is 67.4 Å². The van der Waals surface area contributed by atoms with Crippen molar-refractivity contribution in [3.8, 4) is 0 Å². The highest BCUT2D eigenvalue weighted by Gasteiger charge is 2.02. The minimum Gasteiger partial charge on any atom is -0.466 e. The van der Waals surface area contributed by atoms with E-state index in [4.69, 9.17) is 4.74 Å². The molecule has 112 valence electrons. The van der Waals surface area contributed by atoms with Crippen molar-refractivity contribution in [2.24, 2.45) is 5.92 Å². The van der Waals surface area contributed by atoms with E-state index >= 15 is 0 Å². The minimum atomic E-state index is -0.122. The molecule has 5 nitrogen and oxygen atoms in total. The standard InChI is InChI=1S/C14H28N2O3/c1-4-19-14(18)8-6-5-7-9-15-11-13(17)16-10-12(2)3/h12,15H,4-11H2,1-3H3,(H,16,17). The molecule has 0 fully saturated rings. The third-order valence-electron chi connectivity index (χ3n) is 2.53. The molecule has 0 aromatic rings. The molecule has 0 aromatic carbocycles. The molecule has 0 bridgehead atoms. The highest BCUT2D eigenvalue weighted by molar-refractivity contribution is 5.77. The Bertz CT molecular complexity index is 255. The Morgan fingerprint density at radius 3 is 2.53 bits per heavy atom. The predicted molar refractivity (Wildman–Crippen MR) is 75.8 cm³/mol. The van der Waals surface area contributed by atoms with Crippen LogP contribution in [0, 0.1) is 5.92 Å². The molecule has 0 radical (unpaired) electrons. The number of amides is 1. The zero-order valence-electron chi connectivity index (χ0n) is 12.5. The van der Waals surface area contributed by atoms with E-state index in [2.05, 4.69) is 24.5 Å². The van der Waals surface area contributed by atoms with Gasteiger partial charge >= 0.3 is 5.97 Å². The summed E-state index contributed by atoms with van der Waals surface area (Å²) in [5.74, 6) is 0.399. The first-order valence-corrected chi connectivity index (χ1v) is 7.19. The largest absolute Gasteiger partial charge is 0.466 e. The van der Waals surface area contributed by atoms with E-state index in [1.54, 1.807) is 0 Å². The molecular formula is C14H28N2O3. The van der Waals surface area contributed by atoms with Crippen LogP contribution in [0.2, 0.25) is 0 Å². The first-order chi connectivity index (χ1) is 9.06. The predicted octanol–water partition coefficient (Wildman–Crippen LogP) is 1.47. The van der Waals surface area contributed by atoms with Crippen molar-refractivity contribution in [1.29, 1.82) is 0 Å². The van der Waals surface area contributed by atoms with E-state index < -0.39 is 0 Å². The van der Waals surface area contributed by atoms with E-state index in [-0.39, 0.29) is 11.9 Å². The highest BCUT2D eigenvalue weighted by Crippen LogP contribution is 2.00. The fourth-order valence-corrected chi connectivity index (χ4v) is 1.51. The van der Waals surface area contributed by atoms with Crippen LogP contribution < -0.4 is 10.6 Å². The number of carbonyl (C=O) groups excluding carboxylic acids is 2. The molecule has 5 heteroatoms. The molecular weight excluding hydrogens is 244 g/mol. The number of hydrogen-bond acceptors (Lipinski definition) is 4. The maximum Gasteiger partial charge on any atom is 0.305 e. The van der Waals surface area contributed by atoms with Crippen molar-refractivity contribution in [2.45, 2.75) is 46.5 Å². The molecule has 19 heavy (non-hydrogen) atoms. The molecule has 0 unspecified atom stereocenters. The van der Waals surface area contributed by atoms with Crippen LogP contribution in [0.1, 0.15) is 46.5 Å². The third-order valence-corrected chi connectivity index (χ3v) is 2.53. The van der Waals surface area contributed by atoms with Gasteiger partial charge < -0.3 is 15.4 Å². The monoisotopic (exact) mass is 272 g/mol. The molecule has 0 saturated heterocycles. The second-order valence-electron chi connectivity index (χ2n) is 4.99. The fraction of sp³-hybridized carbons (Fsp3) is 0.857. The Balaban J connectivity index is 3.26. The third kappa shape index (κ3) is 13.1. The van der Waals surface area contributed by atoms with Crippen molar-refractivity contribution in [3.05, 3.63) is 0 Å². The molecule has 0 rings (SSSR count). The number of hydrogen-bond donors (Lipinski definition) is 2. The summed E-state index contributed by atoms with van der Waals surface area (Å²) in [5, 5.41) is 5.94. The van der Waals surface area contributed by atoms with Crippen LogP contribution in [0.5, 0.6) is 0 Å². The summed E-state index contributed by atoms with van der Waals surface area (Å²) < 4.78 is 4.84. The van der Waals surface area contributed by atoms with Crippen molar-refractivity contribution < 1.29 is 14.3 Å². The van der Waals surface area contributed by atoms with Gasteiger partial charge in [-0.25, -0.2) is 0 Å². The van der Waals surface area contributed by atoms with E-state index in [9.17, 15) is 9.59 Å². The van der Waals surface area contributed by atoms with Gasteiger partial charge in [0.2, 0.25) is 5.91 Å². The van der Waals surface area contributed by atoms with Crippen molar-refractivity contribution >= 4 is 11.9 Å². The lowest BCUT2D eigenvalue weighted by Gasteiger charge is -2.08. The SMILES string of the molecule is CCOC(=O)CCCCCNCC(=O)NCC(C)C. The normalized spacial score (nSPS) is 10.5. The van der Waals surface area contributed by atoms with Crippen molar-refractivity contribution in [3.63, 3.8) is 0 Å². The van der Waals surface area contributed by atoms with Crippen LogP contribution in [-0.2, 0) is 14.3 Å². The average molecular weight is 272 g/mol. The van der Waals surface area contributed by atoms with Gasteiger partial charge in [0.1, 0.15) is 0 Å². The molecule has 0 aliphatic carbocycles. The zero-order valence-corrected chi connectivity index (χ0v) is 12.5. The number of esters is 1. The quantitative estimate of drug-likeness (QED) is 0.441. The van der Waals surface area contributed by atoms with E-state index in [0.717, 1.165) is 32.4 Å². The molecule has 0 spiro atoms. The highest BCUT2D eigenvalue weighted by atomic mass is 16.5. The smallest absolute Gasteiger partial charge is 0.305 e. The van der Waals surface area contributed by atoms with Crippen LogP contribution in [-0.4, -0.2) is 38.1 Å². The van der Waals surface area contributed by atoms with E-state index in [0.29, 0.717) is 25.5 Å². The van der Waals surface area contributed by atoms with Crippen LogP contribution in [0.15, 0.2) is 0 Å². The van der Waals surface area contributed by atoms with Crippen LogP contribution in [0.25, 0.3) is 0 Å². The van der Waals surface area contributed by atoms with Gasteiger partial charge in [-0.05, 0) is 32.2 Å². The molecule has 0 aliphatic heterocycles. The van der Waals surface area contributed by atoms with Gasteiger partial charge in [-0.3, -0.25) is 9.59 Å². The Morgan fingerprint density at radius 1 is 1.16 bits per heavy atom. The lowest BCUT2D eigenvalue weighted by Crippen LogP contribution is -2.36. The lowest BCUT2D eigenvalue weighted by atomic mass is 10.2. The molecule has 1 amide bonds. The summed E-state index contributed by atoms with van der Waals surface area (Å²) in [6.45, 7) is 8.29. The lowest BCUT2D eigenvalue weighted by molar-refractivity contribution is -0.143. The summed E-state index contributed by atoms with van der Waals surface area (Å²) in [5.41, 5.74) is 0. The zero-order chi connectivity index (χ0) is 14.5. The summed E-state index contributed by atoms with van der Waals surface area (Å²) in [4.78, 5) is 22.4. The number of unbranched alkanes of at least 4 members (excludes halogenated alkanes) is 2.